The second kappa shape index (κ2) is 9.77. The van der Waals surface area contributed by atoms with Crippen molar-refractivity contribution < 1.29 is 13.9 Å². The first kappa shape index (κ1) is 23.5. The fourth-order valence-corrected chi connectivity index (χ4v) is 4.59. The Balaban J connectivity index is 1.38. The lowest BCUT2D eigenvalue weighted by Gasteiger charge is -2.34. The predicted octanol–water partition coefficient (Wildman–Crippen LogP) is 4.68. The van der Waals surface area contributed by atoms with E-state index >= 15 is 4.39 Å². The van der Waals surface area contributed by atoms with Gasteiger partial charge in [-0.05, 0) is 62.6 Å². The lowest BCUT2D eigenvalue weighted by molar-refractivity contribution is -0.130. The molecule has 0 radical (unpaired) electrons. The smallest absolute Gasteiger partial charge is 0.250 e. The standard InChI is InChI=1S/C27H27FN6O2/c1-18-14-32(17-30-18)25-9-6-20(12-26(25)36-3)11-21-5-4-10-33(27(21)35)19(2)23-8-7-22(13-24(23)28)34-16-29-15-31-34/h6-9,11-17,19H,4-5,10H2,1-3H3/b21-11+. The molecule has 184 valence electrons. The molecule has 9 heteroatoms. The number of methoxy groups -OCH3 is 1. The van der Waals surface area contributed by atoms with Crippen molar-refractivity contribution in [2.75, 3.05) is 13.7 Å². The molecule has 5 rings (SSSR count). The number of rotatable bonds is 6. The van der Waals surface area contributed by atoms with Crippen molar-refractivity contribution in [3.63, 3.8) is 0 Å². The molecule has 36 heavy (non-hydrogen) atoms. The molecule has 1 unspecified atom stereocenters. The Kier molecular flexibility index (Phi) is 6.37. The molecule has 1 saturated heterocycles. The second-order valence-electron chi connectivity index (χ2n) is 8.85. The second-order valence-corrected chi connectivity index (χ2v) is 8.85. The third kappa shape index (κ3) is 4.51. The minimum atomic E-state index is -0.410. The van der Waals surface area contributed by atoms with Gasteiger partial charge in [-0.15, -0.1) is 0 Å². The van der Waals surface area contributed by atoms with Gasteiger partial charge in [0.05, 0.1) is 36.5 Å². The molecule has 0 saturated carbocycles. The molecule has 2 aromatic heterocycles. The molecule has 1 aliphatic rings. The molecule has 0 spiro atoms. The number of likely N-dealkylation sites (tertiary alicyclic amines) is 1. The lowest BCUT2D eigenvalue weighted by atomic mass is 9.97. The highest BCUT2D eigenvalue weighted by atomic mass is 19.1. The van der Waals surface area contributed by atoms with E-state index in [0.29, 0.717) is 35.5 Å². The molecule has 3 heterocycles. The third-order valence-electron chi connectivity index (χ3n) is 6.50. The Morgan fingerprint density at radius 1 is 1.17 bits per heavy atom. The van der Waals surface area contributed by atoms with Gasteiger partial charge in [-0.25, -0.2) is 19.0 Å². The highest BCUT2D eigenvalue weighted by Gasteiger charge is 2.29. The Bertz CT molecular complexity index is 1430. The molecule has 4 aromatic rings. The van der Waals surface area contributed by atoms with E-state index in [-0.39, 0.29) is 11.7 Å². The summed E-state index contributed by atoms with van der Waals surface area (Å²) in [5, 5.41) is 4.04. The summed E-state index contributed by atoms with van der Waals surface area (Å²) in [6.07, 6.45) is 9.96. The van der Waals surface area contributed by atoms with Gasteiger partial charge in [-0.1, -0.05) is 12.1 Å². The number of aryl methyl sites for hydroxylation is 1. The molecule has 1 aliphatic heterocycles. The molecule has 1 fully saturated rings. The van der Waals surface area contributed by atoms with Crippen molar-refractivity contribution >= 4 is 12.0 Å². The van der Waals surface area contributed by atoms with Gasteiger partial charge in [0.2, 0.25) is 5.91 Å². The van der Waals surface area contributed by atoms with E-state index in [1.54, 1.807) is 30.5 Å². The van der Waals surface area contributed by atoms with Crippen LogP contribution in [0.3, 0.4) is 0 Å². The minimum absolute atomic E-state index is 0.0817. The topological polar surface area (TPSA) is 78.1 Å². The monoisotopic (exact) mass is 486 g/mol. The molecule has 8 nitrogen and oxygen atoms in total. The fraction of sp³-hybridized carbons (Fsp3) is 0.259. The highest BCUT2D eigenvalue weighted by molar-refractivity contribution is 5.98. The summed E-state index contributed by atoms with van der Waals surface area (Å²) in [5.41, 5.74) is 4.39. The first-order valence-electron chi connectivity index (χ1n) is 11.8. The van der Waals surface area contributed by atoms with Gasteiger partial charge >= 0.3 is 0 Å². The van der Waals surface area contributed by atoms with E-state index in [9.17, 15) is 4.79 Å². The van der Waals surface area contributed by atoms with Crippen molar-refractivity contribution in [2.45, 2.75) is 32.7 Å². The first-order chi connectivity index (χ1) is 17.4. The SMILES string of the molecule is COc1cc(/C=C2\CCCN(C(C)c3ccc(-n4cncn4)cc3F)C2=O)ccc1-n1cnc(C)c1. The first-order valence-corrected chi connectivity index (χ1v) is 11.8. The summed E-state index contributed by atoms with van der Waals surface area (Å²) >= 11 is 0. The zero-order valence-corrected chi connectivity index (χ0v) is 20.4. The maximum absolute atomic E-state index is 15.0. The number of nitrogens with zero attached hydrogens (tertiary/aromatic N) is 6. The van der Waals surface area contributed by atoms with E-state index in [1.165, 1.54) is 23.4 Å². The van der Waals surface area contributed by atoms with E-state index in [4.69, 9.17) is 4.74 Å². The predicted molar refractivity (Wildman–Crippen MR) is 134 cm³/mol. The van der Waals surface area contributed by atoms with Crippen LogP contribution in [0.1, 0.15) is 42.6 Å². The lowest BCUT2D eigenvalue weighted by Crippen LogP contribution is -2.39. The molecule has 1 amide bonds. The fourth-order valence-electron chi connectivity index (χ4n) is 4.59. The van der Waals surface area contributed by atoms with Crippen molar-refractivity contribution in [1.29, 1.82) is 0 Å². The summed E-state index contributed by atoms with van der Waals surface area (Å²) < 4.78 is 24.1. The van der Waals surface area contributed by atoms with Crippen molar-refractivity contribution in [2.24, 2.45) is 0 Å². The molecule has 0 bridgehead atoms. The van der Waals surface area contributed by atoms with Gasteiger partial charge in [-0.2, -0.15) is 5.10 Å². The quantitative estimate of drug-likeness (QED) is 0.370. The Hall–Kier alpha value is -4.27. The van der Waals surface area contributed by atoms with Crippen LogP contribution in [0.4, 0.5) is 4.39 Å². The van der Waals surface area contributed by atoms with E-state index < -0.39 is 6.04 Å². The van der Waals surface area contributed by atoms with Crippen LogP contribution in [0, 0.1) is 12.7 Å². The van der Waals surface area contributed by atoms with Crippen LogP contribution < -0.4 is 4.74 Å². The van der Waals surface area contributed by atoms with Gasteiger partial charge < -0.3 is 14.2 Å². The zero-order chi connectivity index (χ0) is 25.2. The van der Waals surface area contributed by atoms with Crippen LogP contribution in [0.25, 0.3) is 17.5 Å². The molecule has 2 aromatic carbocycles. The maximum atomic E-state index is 15.0. The van der Waals surface area contributed by atoms with Gasteiger partial charge in [0.1, 0.15) is 24.2 Å². The van der Waals surface area contributed by atoms with E-state index in [2.05, 4.69) is 15.1 Å². The number of imidazole rings is 1. The average molecular weight is 487 g/mol. The third-order valence-corrected chi connectivity index (χ3v) is 6.50. The summed E-state index contributed by atoms with van der Waals surface area (Å²) in [6.45, 7) is 4.36. The van der Waals surface area contributed by atoms with Crippen LogP contribution in [-0.2, 0) is 4.79 Å². The van der Waals surface area contributed by atoms with Crippen molar-refractivity contribution in [1.82, 2.24) is 29.2 Å². The molecule has 0 aliphatic carbocycles. The molecule has 0 N–H and O–H groups in total. The number of hydrogen-bond acceptors (Lipinski definition) is 5. The molecular weight excluding hydrogens is 459 g/mol. The van der Waals surface area contributed by atoms with Gasteiger partial charge in [0, 0.05) is 23.9 Å². The van der Waals surface area contributed by atoms with Gasteiger partial charge in [0.25, 0.3) is 0 Å². The average Bonchev–Trinajstić information content (AvgIpc) is 3.57. The van der Waals surface area contributed by atoms with Crippen molar-refractivity contribution in [3.05, 3.63) is 89.8 Å². The van der Waals surface area contributed by atoms with Crippen LogP contribution >= 0.6 is 0 Å². The number of aromatic nitrogens is 5. The zero-order valence-electron chi connectivity index (χ0n) is 20.4. The van der Waals surface area contributed by atoms with Crippen LogP contribution in [0.2, 0.25) is 0 Å². The number of carbonyl (C=O) groups is 1. The summed E-state index contributed by atoms with van der Waals surface area (Å²) in [7, 11) is 1.62. The summed E-state index contributed by atoms with van der Waals surface area (Å²) in [6, 6.07) is 10.3. The number of ether oxygens (including phenoxy) is 1. The Labute approximate surface area is 208 Å². The number of halogens is 1. The number of benzene rings is 2. The minimum Gasteiger partial charge on any atom is -0.495 e. The summed E-state index contributed by atoms with van der Waals surface area (Å²) in [4.78, 5) is 23.3. The molecule has 1 atom stereocenters. The van der Waals surface area contributed by atoms with Crippen molar-refractivity contribution in [3.8, 4) is 17.1 Å². The number of hydrogen-bond donors (Lipinski definition) is 0. The number of carbonyl (C=O) groups excluding carboxylic acids is 1. The van der Waals surface area contributed by atoms with Gasteiger partial charge in [-0.3, -0.25) is 4.79 Å². The Morgan fingerprint density at radius 2 is 2.03 bits per heavy atom. The van der Waals surface area contributed by atoms with Crippen LogP contribution in [-0.4, -0.2) is 48.8 Å². The van der Waals surface area contributed by atoms with E-state index in [1.807, 2.05) is 48.9 Å². The van der Waals surface area contributed by atoms with Crippen LogP contribution in [0.15, 0.2) is 67.2 Å². The normalized spacial score (nSPS) is 15.9. The maximum Gasteiger partial charge on any atom is 0.250 e. The number of piperidine rings is 1. The molecular formula is C27H27FN6O2. The highest BCUT2D eigenvalue weighted by Crippen LogP contribution is 2.32. The number of amides is 1. The summed E-state index contributed by atoms with van der Waals surface area (Å²) in [5.74, 6) is 0.223. The van der Waals surface area contributed by atoms with Gasteiger partial charge in [0.15, 0.2) is 0 Å². The van der Waals surface area contributed by atoms with E-state index in [0.717, 1.165) is 23.4 Å². The Morgan fingerprint density at radius 3 is 2.72 bits per heavy atom. The largest absolute Gasteiger partial charge is 0.495 e. The van der Waals surface area contributed by atoms with Crippen LogP contribution in [0.5, 0.6) is 5.75 Å².